The fourth-order valence-electron chi connectivity index (χ4n) is 4.05. The Balaban J connectivity index is 2.07. The third kappa shape index (κ3) is 3.30. The van der Waals surface area contributed by atoms with Gasteiger partial charge in [0.05, 0.1) is 6.10 Å². The molecule has 2 N–H and O–H groups in total. The van der Waals surface area contributed by atoms with Crippen LogP contribution in [0.1, 0.15) is 39.0 Å². The Morgan fingerprint density at radius 1 is 1.26 bits per heavy atom. The first-order chi connectivity index (χ1) is 9.11. The molecule has 0 spiro atoms. The van der Waals surface area contributed by atoms with E-state index >= 15 is 0 Å². The number of nitrogens with two attached hydrogens (primary N) is 1. The maximum atomic E-state index is 6.21. The van der Waals surface area contributed by atoms with Crippen molar-refractivity contribution < 1.29 is 4.74 Å². The molecule has 1 saturated carbocycles. The lowest BCUT2D eigenvalue weighted by molar-refractivity contribution is -0.0216. The molecule has 112 valence electrons. The molecule has 1 aliphatic heterocycles. The molecule has 19 heavy (non-hydrogen) atoms. The van der Waals surface area contributed by atoms with Crippen LogP contribution in [0.3, 0.4) is 0 Å². The highest BCUT2D eigenvalue weighted by atomic mass is 16.5. The Morgan fingerprint density at radius 2 is 1.95 bits per heavy atom. The van der Waals surface area contributed by atoms with E-state index in [4.69, 9.17) is 10.5 Å². The summed E-state index contributed by atoms with van der Waals surface area (Å²) in [4.78, 5) is 5.16. The number of likely N-dealkylation sites (N-methyl/N-ethyl adjacent to an activating group) is 1. The van der Waals surface area contributed by atoms with E-state index in [1.54, 1.807) is 0 Å². The molecule has 4 heteroatoms. The van der Waals surface area contributed by atoms with Crippen LogP contribution in [-0.2, 0) is 4.74 Å². The highest BCUT2D eigenvalue weighted by molar-refractivity contribution is 4.99. The second-order valence-corrected chi connectivity index (χ2v) is 6.52. The predicted octanol–water partition coefficient (Wildman–Crippen LogP) is 1.30. The van der Waals surface area contributed by atoms with Crippen LogP contribution in [-0.4, -0.2) is 67.8 Å². The zero-order chi connectivity index (χ0) is 13.9. The van der Waals surface area contributed by atoms with Crippen LogP contribution in [0.25, 0.3) is 0 Å². The molecular formula is C15H31N3O. The third-order valence-electron chi connectivity index (χ3n) is 5.23. The Kier molecular flexibility index (Phi) is 5.23. The van der Waals surface area contributed by atoms with Gasteiger partial charge in [-0.25, -0.2) is 0 Å². The monoisotopic (exact) mass is 269 g/mol. The van der Waals surface area contributed by atoms with Crippen molar-refractivity contribution in [1.82, 2.24) is 9.80 Å². The molecule has 1 heterocycles. The summed E-state index contributed by atoms with van der Waals surface area (Å²) in [6.45, 7) is 6.72. The van der Waals surface area contributed by atoms with Crippen molar-refractivity contribution in [3.05, 3.63) is 0 Å². The van der Waals surface area contributed by atoms with Crippen molar-refractivity contribution in [2.24, 2.45) is 5.73 Å². The maximum Gasteiger partial charge on any atom is 0.0572 e. The lowest BCUT2D eigenvalue weighted by atomic mass is 9.78. The van der Waals surface area contributed by atoms with Crippen LogP contribution < -0.4 is 5.73 Å². The van der Waals surface area contributed by atoms with Crippen molar-refractivity contribution in [1.29, 1.82) is 0 Å². The molecule has 1 saturated heterocycles. The van der Waals surface area contributed by atoms with Gasteiger partial charge in [-0.05, 0) is 52.6 Å². The zero-order valence-electron chi connectivity index (χ0n) is 12.9. The van der Waals surface area contributed by atoms with Crippen LogP contribution in [0.4, 0.5) is 0 Å². The summed E-state index contributed by atoms with van der Waals surface area (Å²) >= 11 is 0. The lowest BCUT2D eigenvalue weighted by Gasteiger charge is -2.49. The fraction of sp³-hybridized carbons (Fsp3) is 1.00. The van der Waals surface area contributed by atoms with Gasteiger partial charge in [0.2, 0.25) is 0 Å². The highest BCUT2D eigenvalue weighted by Crippen LogP contribution is 2.36. The largest absolute Gasteiger partial charge is 0.381 e. The van der Waals surface area contributed by atoms with E-state index in [0.717, 1.165) is 25.9 Å². The van der Waals surface area contributed by atoms with Crippen LogP contribution in [0, 0.1) is 0 Å². The Morgan fingerprint density at radius 3 is 2.53 bits per heavy atom. The summed E-state index contributed by atoms with van der Waals surface area (Å²) in [6.07, 6.45) is 6.41. The number of nitrogens with zero attached hydrogens (tertiary/aromatic N) is 2. The number of rotatable bonds is 3. The highest BCUT2D eigenvalue weighted by Gasteiger charge is 2.41. The molecule has 2 fully saturated rings. The van der Waals surface area contributed by atoms with Crippen LogP contribution in [0.15, 0.2) is 0 Å². The van der Waals surface area contributed by atoms with E-state index in [9.17, 15) is 0 Å². The molecular weight excluding hydrogens is 238 g/mol. The minimum atomic E-state index is 0.222. The summed E-state index contributed by atoms with van der Waals surface area (Å²) in [6, 6.07) is 0.607. The standard InChI is InChI=1S/C15H31N3O/c1-13-11-17(2)9-4-10-18(13)15(12-16)7-5-14(19-3)6-8-15/h13-14H,4-12,16H2,1-3H3. The molecule has 0 bridgehead atoms. The van der Waals surface area contributed by atoms with E-state index in [0.29, 0.717) is 12.1 Å². The molecule has 1 unspecified atom stereocenters. The quantitative estimate of drug-likeness (QED) is 0.838. The zero-order valence-corrected chi connectivity index (χ0v) is 12.9. The van der Waals surface area contributed by atoms with Crippen LogP contribution >= 0.6 is 0 Å². The van der Waals surface area contributed by atoms with Crippen molar-refractivity contribution in [3.8, 4) is 0 Å². The van der Waals surface area contributed by atoms with Gasteiger partial charge < -0.3 is 15.4 Å². The van der Waals surface area contributed by atoms with Gasteiger partial charge in [0.25, 0.3) is 0 Å². The van der Waals surface area contributed by atoms with Crippen LogP contribution in [0.2, 0.25) is 0 Å². The maximum absolute atomic E-state index is 6.21. The smallest absolute Gasteiger partial charge is 0.0572 e. The summed E-state index contributed by atoms with van der Waals surface area (Å²) in [5.74, 6) is 0. The van der Waals surface area contributed by atoms with Gasteiger partial charge >= 0.3 is 0 Å². The summed E-state index contributed by atoms with van der Waals surface area (Å²) in [5, 5.41) is 0. The molecule has 4 nitrogen and oxygen atoms in total. The third-order valence-corrected chi connectivity index (χ3v) is 5.23. The van der Waals surface area contributed by atoms with Gasteiger partial charge in [-0.3, -0.25) is 4.90 Å². The minimum absolute atomic E-state index is 0.222. The molecule has 2 rings (SSSR count). The van der Waals surface area contributed by atoms with Crippen molar-refractivity contribution >= 4 is 0 Å². The topological polar surface area (TPSA) is 41.7 Å². The van der Waals surface area contributed by atoms with E-state index in [1.165, 1.54) is 32.4 Å². The summed E-state index contributed by atoms with van der Waals surface area (Å²) in [7, 11) is 4.07. The first kappa shape index (κ1) is 15.2. The molecule has 0 aromatic rings. The van der Waals surface area contributed by atoms with Crippen LogP contribution in [0.5, 0.6) is 0 Å². The molecule has 1 atom stereocenters. The van der Waals surface area contributed by atoms with Crippen molar-refractivity contribution in [3.63, 3.8) is 0 Å². The SMILES string of the molecule is COC1CCC(CN)(N2CCCN(C)CC2C)CC1. The van der Waals surface area contributed by atoms with Gasteiger partial charge in [-0.2, -0.15) is 0 Å². The molecule has 0 radical (unpaired) electrons. The summed E-state index contributed by atoms with van der Waals surface area (Å²) < 4.78 is 5.52. The van der Waals surface area contributed by atoms with E-state index in [2.05, 4.69) is 23.8 Å². The van der Waals surface area contributed by atoms with E-state index < -0.39 is 0 Å². The minimum Gasteiger partial charge on any atom is -0.381 e. The fourth-order valence-corrected chi connectivity index (χ4v) is 4.05. The van der Waals surface area contributed by atoms with Crippen molar-refractivity contribution in [2.75, 3.05) is 40.3 Å². The Bertz CT molecular complexity index is 277. The van der Waals surface area contributed by atoms with Gasteiger partial charge in [-0.1, -0.05) is 0 Å². The van der Waals surface area contributed by atoms with E-state index in [-0.39, 0.29) is 5.54 Å². The summed E-state index contributed by atoms with van der Waals surface area (Å²) in [5.41, 5.74) is 6.43. The number of hydrogen-bond donors (Lipinski definition) is 1. The Hall–Kier alpha value is -0.160. The molecule has 0 amide bonds. The second-order valence-electron chi connectivity index (χ2n) is 6.52. The molecule has 0 aromatic heterocycles. The van der Waals surface area contributed by atoms with Crippen molar-refractivity contribution in [2.45, 2.75) is 56.7 Å². The van der Waals surface area contributed by atoms with E-state index in [1.807, 2.05) is 7.11 Å². The molecule has 2 aliphatic rings. The van der Waals surface area contributed by atoms with Gasteiger partial charge in [0, 0.05) is 38.3 Å². The Labute approximate surface area is 118 Å². The predicted molar refractivity (Wildman–Crippen MR) is 79.3 cm³/mol. The number of hydrogen-bond acceptors (Lipinski definition) is 4. The lowest BCUT2D eigenvalue weighted by Crippen LogP contribution is -2.60. The van der Waals surface area contributed by atoms with Gasteiger partial charge in [0.1, 0.15) is 0 Å². The molecule has 0 aromatic carbocycles. The number of ether oxygens (including phenoxy) is 1. The average Bonchev–Trinajstić information content (AvgIpc) is 2.60. The second kappa shape index (κ2) is 6.53. The van der Waals surface area contributed by atoms with Gasteiger partial charge in [-0.15, -0.1) is 0 Å². The normalized spacial score (nSPS) is 39.2. The number of methoxy groups -OCH3 is 1. The first-order valence-corrected chi connectivity index (χ1v) is 7.79. The van der Waals surface area contributed by atoms with Gasteiger partial charge in [0.15, 0.2) is 0 Å². The molecule has 1 aliphatic carbocycles. The first-order valence-electron chi connectivity index (χ1n) is 7.79. The average molecular weight is 269 g/mol.